The van der Waals surface area contributed by atoms with Crippen molar-refractivity contribution in [3.05, 3.63) is 0 Å². The molecule has 0 spiro atoms. The van der Waals surface area contributed by atoms with Crippen molar-refractivity contribution in [3.63, 3.8) is 0 Å². The summed E-state index contributed by atoms with van der Waals surface area (Å²) in [7, 11) is 9.39. The Morgan fingerprint density at radius 1 is 1.18 bits per heavy atom. The van der Waals surface area contributed by atoms with Crippen molar-refractivity contribution in [2.45, 2.75) is 13.8 Å². The van der Waals surface area contributed by atoms with Gasteiger partial charge in [-0.3, -0.25) is 9.79 Å². The molecule has 0 atom stereocenters. The van der Waals surface area contributed by atoms with Gasteiger partial charge in [-0.05, 0) is 13.8 Å². The van der Waals surface area contributed by atoms with Crippen LogP contribution in [0.3, 0.4) is 0 Å². The van der Waals surface area contributed by atoms with E-state index < -0.39 is 5.41 Å². The van der Waals surface area contributed by atoms with Gasteiger partial charge in [0, 0.05) is 35.2 Å². The Morgan fingerprint density at radius 3 is 1.88 bits per heavy atom. The lowest BCUT2D eigenvalue weighted by atomic mass is 9.93. The van der Waals surface area contributed by atoms with E-state index >= 15 is 0 Å². The minimum Gasteiger partial charge on any atom is -0.359 e. The fraction of sp³-hybridized carbons (Fsp3) is 0.818. The van der Waals surface area contributed by atoms with Gasteiger partial charge in [-0.2, -0.15) is 0 Å². The van der Waals surface area contributed by atoms with Gasteiger partial charge in [0.2, 0.25) is 5.91 Å². The average molecular weight is 356 g/mol. The third-order valence-corrected chi connectivity index (χ3v) is 2.26. The first-order valence-electron chi connectivity index (χ1n) is 5.33. The number of guanidine groups is 1. The van der Waals surface area contributed by atoms with Gasteiger partial charge in [-0.25, -0.2) is 0 Å². The summed E-state index contributed by atoms with van der Waals surface area (Å²) >= 11 is 0. The normalized spacial score (nSPS) is 10.1. The van der Waals surface area contributed by atoms with Crippen molar-refractivity contribution >= 4 is 35.8 Å². The molecule has 0 saturated carbocycles. The Labute approximate surface area is 122 Å². The molecule has 0 aliphatic rings. The zero-order chi connectivity index (χ0) is 12.9. The Balaban J connectivity index is 0. The summed E-state index contributed by atoms with van der Waals surface area (Å²) in [5.41, 5.74) is -0.480. The minimum absolute atomic E-state index is 0. The zero-order valence-corrected chi connectivity index (χ0v) is 14.2. The largest absolute Gasteiger partial charge is 0.359 e. The lowest BCUT2D eigenvalue weighted by molar-refractivity contribution is -0.128. The molecule has 5 nitrogen and oxygen atoms in total. The summed E-state index contributed by atoms with van der Waals surface area (Å²) in [6.45, 7) is 4.24. The number of nitrogens with zero attached hydrogens (tertiary/aromatic N) is 3. The van der Waals surface area contributed by atoms with Gasteiger partial charge in [-0.15, -0.1) is 24.0 Å². The van der Waals surface area contributed by atoms with E-state index in [0.717, 1.165) is 5.96 Å². The summed E-state index contributed by atoms with van der Waals surface area (Å²) < 4.78 is 0. The first-order chi connectivity index (χ1) is 7.22. The van der Waals surface area contributed by atoms with Crippen molar-refractivity contribution in [1.29, 1.82) is 0 Å². The van der Waals surface area contributed by atoms with Gasteiger partial charge < -0.3 is 15.1 Å². The molecule has 0 aliphatic carbocycles. The molecule has 0 heterocycles. The summed E-state index contributed by atoms with van der Waals surface area (Å²) in [6.07, 6.45) is 0. The van der Waals surface area contributed by atoms with Gasteiger partial charge in [-0.1, -0.05) is 0 Å². The van der Waals surface area contributed by atoms with Gasteiger partial charge >= 0.3 is 0 Å². The third kappa shape index (κ3) is 6.09. The molecule has 0 fully saturated rings. The molecule has 0 radical (unpaired) electrons. The second kappa shape index (κ2) is 7.73. The fourth-order valence-electron chi connectivity index (χ4n) is 1.36. The maximum absolute atomic E-state index is 11.6. The van der Waals surface area contributed by atoms with E-state index in [1.54, 1.807) is 7.05 Å². The van der Waals surface area contributed by atoms with Crippen molar-refractivity contribution in [2.24, 2.45) is 10.4 Å². The van der Waals surface area contributed by atoms with Crippen LogP contribution in [-0.2, 0) is 4.79 Å². The van der Waals surface area contributed by atoms with E-state index in [4.69, 9.17) is 0 Å². The average Bonchev–Trinajstić information content (AvgIpc) is 2.15. The van der Waals surface area contributed by atoms with Crippen LogP contribution in [-0.4, -0.2) is 63.4 Å². The highest BCUT2D eigenvalue weighted by Crippen LogP contribution is 2.15. The molecule has 0 aromatic heterocycles. The number of rotatable bonds is 3. The van der Waals surface area contributed by atoms with Gasteiger partial charge in [0.1, 0.15) is 0 Å². The molecular weight excluding hydrogens is 331 g/mol. The predicted octanol–water partition coefficient (Wildman–Crippen LogP) is 0.856. The zero-order valence-electron chi connectivity index (χ0n) is 11.9. The monoisotopic (exact) mass is 356 g/mol. The number of hydrogen-bond donors (Lipinski definition) is 1. The van der Waals surface area contributed by atoms with E-state index in [0.29, 0.717) is 6.54 Å². The quantitative estimate of drug-likeness (QED) is 0.464. The SMILES string of the molecule is CNC(=O)C(C)(C)CN=C(N(C)C)N(C)C.I. The maximum atomic E-state index is 11.6. The molecular formula is C11H25IN4O. The van der Waals surface area contributed by atoms with Crippen molar-refractivity contribution in [3.8, 4) is 0 Å². The van der Waals surface area contributed by atoms with Crippen LogP contribution < -0.4 is 5.32 Å². The molecule has 1 N–H and O–H groups in total. The topological polar surface area (TPSA) is 47.9 Å². The molecule has 0 unspecified atom stereocenters. The second-order valence-electron chi connectivity index (χ2n) is 4.87. The Morgan fingerprint density at radius 2 is 1.59 bits per heavy atom. The standard InChI is InChI=1S/C11H24N4O.HI/c1-11(2,9(16)12-3)8-13-10(14(4)5)15(6)7;/h8H2,1-7H3,(H,12,16);1H. The first-order valence-corrected chi connectivity index (χ1v) is 5.33. The molecule has 0 aromatic rings. The fourth-order valence-corrected chi connectivity index (χ4v) is 1.36. The number of carbonyl (C=O) groups is 1. The minimum atomic E-state index is -0.480. The smallest absolute Gasteiger partial charge is 0.227 e. The highest BCUT2D eigenvalue weighted by atomic mass is 127. The van der Waals surface area contributed by atoms with Crippen LogP contribution in [0.25, 0.3) is 0 Å². The van der Waals surface area contributed by atoms with Gasteiger partial charge in [0.25, 0.3) is 0 Å². The molecule has 0 rings (SSSR count). The molecule has 0 aliphatic heterocycles. The van der Waals surface area contributed by atoms with Crippen molar-refractivity contribution < 1.29 is 4.79 Å². The Kier molecular flexibility index (Phi) is 8.56. The number of hydrogen-bond acceptors (Lipinski definition) is 2. The number of aliphatic imine (C=N–C) groups is 1. The third-order valence-electron chi connectivity index (χ3n) is 2.26. The summed E-state index contributed by atoms with van der Waals surface area (Å²) in [5, 5.41) is 2.65. The Bertz CT molecular complexity index is 265. The molecule has 17 heavy (non-hydrogen) atoms. The Hall–Kier alpha value is -0.530. The predicted molar refractivity (Wildman–Crippen MR) is 82.9 cm³/mol. The van der Waals surface area contributed by atoms with E-state index in [2.05, 4.69) is 10.3 Å². The number of carbonyl (C=O) groups excluding carboxylic acids is 1. The first kappa shape index (κ1) is 18.8. The van der Waals surface area contributed by atoms with Crippen LogP contribution in [0.2, 0.25) is 0 Å². The summed E-state index contributed by atoms with van der Waals surface area (Å²) in [5.74, 6) is 0.866. The van der Waals surface area contributed by atoms with Crippen LogP contribution in [0.5, 0.6) is 0 Å². The summed E-state index contributed by atoms with van der Waals surface area (Å²) in [6, 6.07) is 0. The van der Waals surface area contributed by atoms with Gasteiger partial charge in [0.15, 0.2) is 5.96 Å². The number of halogens is 1. The number of nitrogens with one attached hydrogen (secondary N) is 1. The van der Waals surface area contributed by atoms with Crippen LogP contribution in [0, 0.1) is 5.41 Å². The van der Waals surface area contributed by atoms with Gasteiger partial charge in [0.05, 0.1) is 12.0 Å². The van der Waals surface area contributed by atoms with Crippen LogP contribution in [0.15, 0.2) is 4.99 Å². The molecule has 0 bridgehead atoms. The van der Waals surface area contributed by atoms with Crippen LogP contribution >= 0.6 is 24.0 Å². The van der Waals surface area contributed by atoms with E-state index in [1.807, 2.05) is 51.8 Å². The summed E-state index contributed by atoms with van der Waals surface area (Å²) in [4.78, 5) is 19.9. The number of amides is 1. The molecule has 1 amide bonds. The van der Waals surface area contributed by atoms with Crippen LogP contribution in [0.4, 0.5) is 0 Å². The highest BCUT2D eigenvalue weighted by Gasteiger charge is 2.26. The maximum Gasteiger partial charge on any atom is 0.227 e. The molecule has 0 saturated heterocycles. The van der Waals surface area contributed by atoms with Crippen LogP contribution in [0.1, 0.15) is 13.8 Å². The lowest BCUT2D eigenvalue weighted by Gasteiger charge is -2.25. The van der Waals surface area contributed by atoms with E-state index in [9.17, 15) is 4.79 Å². The highest BCUT2D eigenvalue weighted by molar-refractivity contribution is 14.0. The molecule has 0 aromatic carbocycles. The van der Waals surface area contributed by atoms with Crippen molar-refractivity contribution in [1.82, 2.24) is 15.1 Å². The van der Waals surface area contributed by atoms with Crippen molar-refractivity contribution in [2.75, 3.05) is 41.8 Å². The van der Waals surface area contributed by atoms with E-state index in [1.165, 1.54) is 0 Å². The second-order valence-corrected chi connectivity index (χ2v) is 4.87. The van der Waals surface area contributed by atoms with E-state index in [-0.39, 0.29) is 29.9 Å². The lowest BCUT2D eigenvalue weighted by Crippen LogP contribution is -2.40. The molecule has 102 valence electrons. The molecule has 6 heteroatoms.